The summed E-state index contributed by atoms with van der Waals surface area (Å²) in [5.74, 6) is 1.32. The van der Waals surface area contributed by atoms with Crippen LogP contribution in [0.15, 0.2) is 45.7 Å². The first kappa shape index (κ1) is 18.3. The molecule has 1 saturated heterocycles. The van der Waals surface area contributed by atoms with Gasteiger partial charge in [-0.2, -0.15) is 5.10 Å². The maximum atomic E-state index is 12.6. The topological polar surface area (TPSA) is 106 Å². The molecule has 2 aliphatic rings. The van der Waals surface area contributed by atoms with Gasteiger partial charge in [0.05, 0.1) is 18.2 Å². The Labute approximate surface area is 178 Å². The molecule has 3 aromatic heterocycles. The molecule has 4 aromatic rings. The Morgan fingerprint density at radius 1 is 1.03 bits per heavy atom. The quantitative estimate of drug-likeness (QED) is 0.543. The molecule has 0 amide bonds. The van der Waals surface area contributed by atoms with Gasteiger partial charge in [-0.3, -0.25) is 4.79 Å². The molecule has 1 N–H and O–H groups in total. The Balaban J connectivity index is 1.22. The second kappa shape index (κ2) is 7.33. The van der Waals surface area contributed by atoms with E-state index in [9.17, 15) is 4.79 Å². The number of aromatic nitrogens is 6. The van der Waals surface area contributed by atoms with Crippen LogP contribution < -0.4 is 10.5 Å². The van der Waals surface area contributed by atoms with Gasteiger partial charge in [-0.15, -0.1) is 5.10 Å². The van der Waals surface area contributed by atoms with Gasteiger partial charge >= 0.3 is 6.01 Å². The SMILES string of the molecule is O=c1[nH]c(C2CN(c3nnc(-c4ccccc4)o3)C2)nc2c1cnn2C1CCCCC1. The number of H-pyrrole nitrogens is 1. The van der Waals surface area contributed by atoms with Crippen LogP contribution in [0.5, 0.6) is 0 Å². The van der Waals surface area contributed by atoms with Crippen molar-refractivity contribution < 1.29 is 4.42 Å². The maximum Gasteiger partial charge on any atom is 0.318 e. The van der Waals surface area contributed by atoms with Crippen LogP contribution in [0.1, 0.15) is 49.9 Å². The van der Waals surface area contributed by atoms with Crippen molar-refractivity contribution >= 4 is 17.0 Å². The maximum absolute atomic E-state index is 12.6. The molecule has 1 aromatic carbocycles. The highest BCUT2D eigenvalue weighted by molar-refractivity contribution is 5.73. The lowest BCUT2D eigenvalue weighted by Crippen LogP contribution is -2.46. The van der Waals surface area contributed by atoms with Gasteiger partial charge in [-0.05, 0) is 25.0 Å². The molecule has 9 nitrogen and oxygen atoms in total. The second-order valence-electron chi connectivity index (χ2n) is 8.43. The van der Waals surface area contributed by atoms with Crippen molar-refractivity contribution in [3.05, 3.63) is 52.7 Å². The van der Waals surface area contributed by atoms with E-state index in [1.54, 1.807) is 6.20 Å². The summed E-state index contributed by atoms with van der Waals surface area (Å²) in [5, 5.41) is 13.4. The van der Waals surface area contributed by atoms with Gasteiger partial charge in [0.25, 0.3) is 5.56 Å². The lowest BCUT2D eigenvalue weighted by Gasteiger charge is -2.36. The normalized spacial score (nSPS) is 17.9. The molecule has 4 heterocycles. The predicted octanol–water partition coefficient (Wildman–Crippen LogP) is 3.28. The highest BCUT2D eigenvalue weighted by Gasteiger charge is 2.34. The van der Waals surface area contributed by atoms with Crippen molar-refractivity contribution in [1.82, 2.24) is 29.9 Å². The third kappa shape index (κ3) is 3.20. The van der Waals surface area contributed by atoms with Crippen molar-refractivity contribution in [2.45, 2.75) is 44.1 Å². The Morgan fingerprint density at radius 2 is 1.84 bits per heavy atom. The average Bonchev–Trinajstić information content (AvgIpc) is 3.42. The average molecular weight is 417 g/mol. The molecule has 0 spiro atoms. The highest BCUT2D eigenvalue weighted by atomic mass is 16.4. The van der Waals surface area contributed by atoms with Crippen LogP contribution in [0.4, 0.5) is 6.01 Å². The van der Waals surface area contributed by atoms with E-state index in [0.29, 0.717) is 47.9 Å². The van der Waals surface area contributed by atoms with E-state index < -0.39 is 0 Å². The van der Waals surface area contributed by atoms with Gasteiger partial charge in [0.15, 0.2) is 5.65 Å². The van der Waals surface area contributed by atoms with E-state index in [-0.39, 0.29) is 11.5 Å². The number of nitrogens with one attached hydrogen (secondary N) is 1. The predicted molar refractivity (Wildman–Crippen MR) is 115 cm³/mol. The van der Waals surface area contributed by atoms with Crippen LogP contribution in [0, 0.1) is 0 Å². The van der Waals surface area contributed by atoms with Gasteiger partial charge in [-0.1, -0.05) is 42.6 Å². The summed E-state index contributed by atoms with van der Waals surface area (Å²) in [6, 6.07) is 10.5. The van der Waals surface area contributed by atoms with Crippen molar-refractivity contribution in [2.24, 2.45) is 0 Å². The number of benzene rings is 1. The molecule has 6 rings (SSSR count). The summed E-state index contributed by atoms with van der Waals surface area (Å²) >= 11 is 0. The van der Waals surface area contributed by atoms with Gasteiger partial charge in [0.1, 0.15) is 11.2 Å². The van der Waals surface area contributed by atoms with Gasteiger partial charge in [0, 0.05) is 18.7 Å². The minimum Gasteiger partial charge on any atom is -0.403 e. The highest BCUT2D eigenvalue weighted by Crippen LogP contribution is 2.32. The standard InChI is InChI=1S/C22H23N7O2/c30-20-17-11-23-29(16-9-5-2-6-10-16)19(17)24-18(25-20)15-12-28(13-15)22-27-26-21(31-22)14-7-3-1-4-8-14/h1,3-4,7-8,11,15-16H,2,5-6,9-10,12-13H2,(H,24,25,30). The summed E-state index contributed by atoms with van der Waals surface area (Å²) in [6.45, 7) is 1.34. The number of hydrogen-bond donors (Lipinski definition) is 1. The van der Waals surface area contributed by atoms with Crippen LogP contribution in [0.25, 0.3) is 22.5 Å². The Morgan fingerprint density at radius 3 is 2.65 bits per heavy atom. The van der Waals surface area contributed by atoms with Crippen LogP contribution in [-0.2, 0) is 0 Å². The first-order valence-corrected chi connectivity index (χ1v) is 10.9. The van der Waals surface area contributed by atoms with Crippen molar-refractivity contribution in [3.63, 3.8) is 0 Å². The van der Waals surface area contributed by atoms with Crippen molar-refractivity contribution in [3.8, 4) is 11.5 Å². The van der Waals surface area contributed by atoms with Gasteiger partial charge in [-0.25, -0.2) is 9.67 Å². The minimum atomic E-state index is -0.121. The second-order valence-corrected chi connectivity index (χ2v) is 8.43. The molecule has 31 heavy (non-hydrogen) atoms. The first-order chi connectivity index (χ1) is 15.3. The number of hydrogen-bond acceptors (Lipinski definition) is 7. The van der Waals surface area contributed by atoms with Crippen LogP contribution >= 0.6 is 0 Å². The lowest BCUT2D eigenvalue weighted by molar-refractivity contribution is 0.335. The summed E-state index contributed by atoms with van der Waals surface area (Å²) in [4.78, 5) is 22.4. The van der Waals surface area contributed by atoms with E-state index >= 15 is 0 Å². The molecule has 1 saturated carbocycles. The van der Waals surface area contributed by atoms with E-state index in [0.717, 1.165) is 18.4 Å². The smallest absolute Gasteiger partial charge is 0.318 e. The Kier molecular flexibility index (Phi) is 4.33. The lowest BCUT2D eigenvalue weighted by atomic mass is 9.96. The molecule has 0 unspecified atom stereocenters. The third-order valence-electron chi connectivity index (χ3n) is 6.38. The molecule has 0 radical (unpaired) electrons. The number of aromatic amines is 1. The molecule has 2 fully saturated rings. The zero-order valence-electron chi connectivity index (χ0n) is 17.1. The summed E-state index contributed by atoms with van der Waals surface area (Å²) < 4.78 is 7.80. The molecular weight excluding hydrogens is 394 g/mol. The van der Waals surface area contributed by atoms with Crippen molar-refractivity contribution in [1.29, 1.82) is 0 Å². The summed E-state index contributed by atoms with van der Waals surface area (Å²) in [6.07, 6.45) is 7.52. The van der Waals surface area contributed by atoms with Crippen molar-refractivity contribution in [2.75, 3.05) is 18.0 Å². The van der Waals surface area contributed by atoms with Crippen LogP contribution in [0.2, 0.25) is 0 Å². The number of rotatable bonds is 4. The molecule has 158 valence electrons. The molecular formula is C22H23N7O2. The molecule has 0 bridgehead atoms. The largest absolute Gasteiger partial charge is 0.403 e. The van der Waals surface area contributed by atoms with Gasteiger partial charge in [0.2, 0.25) is 5.89 Å². The Bertz CT molecular complexity index is 1260. The fraction of sp³-hybridized carbons (Fsp3) is 0.409. The summed E-state index contributed by atoms with van der Waals surface area (Å²) in [7, 11) is 0. The number of fused-ring (bicyclic) bond motifs is 1. The minimum absolute atomic E-state index is 0.110. The number of anilines is 1. The summed E-state index contributed by atoms with van der Waals surface area (Å²) in [5.41, 5.74) is 1.48. The zero-order valence-corrected chi connectivity index (χ0v) is 17.1. The molecule has 0 atom stereocenters. The van der Waals surface area contributed by atoms with Crippen LogP contribution in [-0.4, -0.2) is 43.0 Å². The van der Waals surface area contributed by atoms with Crippen LogP contribution in [0.3, 0.4) is 0 Å². The van der Waals surface area contributed by atoms with E-state index in [1.165, 1.54) is 19.3 Å². The zero-order chi connectivity index (χ0) is 20.8. The number of nitrogens with zero attached hydrogens (tertiary/aromatic N) is 6. The monoisotopic (exact) mass is 417 g/mol. The first-order valence-electron chi connectivity index (χ1n) is 10.9. The van der Waals surface area contributed by atoms with E-state index in [1.807, 2.05) is 39.9 Å². The fourth-order valence-electron chi connectivity index (χ4n) is 4.59. The van der Waals surface area contributed by atoms with E-state index in [2.05, 4.69) is 20.3 Å². The molecule has 1 aliphatic heterocycles. The third-order valence-corrected chi connectivity index (χ3v) is 6.38. The molecule has 9 heteroatoms. The Hall–Kier alpha value is -3.49. The molecule has 1 aliphatic carbocycles. The van der Waals surface area contributed by atoms with E-state index in [4.69, 9.17) is 9.40 Å². The van der Waals surface area contributed by atoms with Gasteiger partial charge < -0.3 is 14.3 Å². The fourth-order valence-corrected chi connectivity index (χ4v) is 4.59.